The van der Waals surface area contributed by atoms with Crippen LogP contribution in [0.4, 0.5) is 5.69 Å². The zero-order valence-corrected chi connectivity index (χ0v) is 26.1. The summed E-state index contributed by atoms with van der Waals surface area (Å²) in [6, 6.07) is 20.2. The van der Waals surface area contributed by atoms with E-state index in [0.29, 0.717) is 27.8 Å². The number of nitrogens with one attached hydrogen (secondary N) is 1. The smallest absolute Gasteiger partial charge is 0.244 e. The molecule has 1 N–H and O–H groups in total. The standard InChI is InChI=1S/C28H30Cl2IN3O4S/c1-3-15-32-28(36)26(16-20-7-5-4-6-8-20)33(18-21-9-10-22(29)17-25(21)30)27(35)19-34(39(2,37)38)24-13-11-23(31)12-14-24/h4-14,17,26H,3,15-16,18-19H2,1-2H3,(H,32,36). The van der Waals surface area contributed by atoms with Gasteiger partial charge < -0.3 is 10.2 Å². The summed E-state index contributed by atoms with van der Waals surface area (Å²) in [7, 11) is -3.83. The van der Waals surface area contributed by atoms with Crippen molar-refractivity contribution in [2.45, 2.75) is 32.4 Å². The minimum Gasteiger partial charge on any atom is -0.354 e. The molecule has 2 amide bonds. The Morgan fingerprint density at radius 3 is 2.26 bits per heavy atom. The second-order valence-electron chi connectivity index (χ2n) is 9.00. The van der Waals surface area contributed by atoms with Crippen molar-refractivity contribution < 1.29 is 18.0 Å². The molecular weight excluding hydrogens is 672 g/mol. The van der Waals surface area contributed by atoms with E-state index in [9.17, 15) is 18.0 Å². The minimum atomic E-state index is -3.83. The van der Waals surface area contributed by atoms with Gasteiger partial charge in [-0.05, 0) is 76.5 Å². The number of carbonyl (C=O) groups excluding carboxylic acids is 2. The number of hydrogen-bond acceptors (Lipinski definition) is 4. The predicted molar refractivity (Wildman–Crippen MR) is 166 cm³/mol. The molecule has 0 spiro atoms. The zero-order valence-electron chi connectivity index (χ0n) is 21.6. The number of halogens is 3. The maximum Gasteiger partial charge on any atom is 0.244 e. The number of rotatable bonds is 12. The van der Waals surface area contributed by atoms with Crippen LogP contribution in [0.2, 0.25) is 10.0 Å². The van der Waals surface area contributed by atoms with Crippen molar-refractivity contribution in [3.05, 3.63) is 97.5 Å². The Morgan fingerprint density at radius 2 is 1.67 bits per heavy atom. The largest absolute Gasteiger partial charge is 0.354 e. The third-order valence-electron chi connectivity index (χ3n) is 5.97. The molecule has 0 fully saturated rings. The van der Waals surface area contributed by atoms with Crippen LogP contribution in [-0.2, 0) is 32.6 Å². The van der Waals surface area contributed by atoms with Crippen molar-refractivity contribution in [2.75, 3.05) is 23.7 Å². The first-order valence-electron chi connectivity index (χ1n) is 12.3. The van der Waals surface area contributed by atoms with Gasteiger partial charge in [-0.25, -0.2) is 8.42 Å². The van der Waals surface area contributed by atoms with Gasteiger partial charge in [0.1, 0.15) is 12.6 Å². The number of anilines is 1. The molecule has 0 aliphatic rings. The molecule has 0 saturated heterocycles. The Morgan fingerprint density at radius 1 is 1.00 bits per heavy atom. The van der Waals surface area contributed by atoms with Crippen molar-refractivity contribution in [3.63, 3.8) is 0 Å². The molecular formula is C28H30Cl2IN3O4S. The summed E-state index contributed by atoms with van der Waals surface area (Å²) in [6.07, 6.45) is 2.00. The molecule has 7 nitrogen and oxygen atoms in total. The van der Waals surface area contributed by atoms with Crippen molar-refractivity contribution in [2.24, 2.45) is 0 Å². The maximum absolute atomic E-state index is 14.0. The highest BCUT2D eigenvalue weighted by atomic mass is 127. The van der Waals surface area contributed by atoms with E-state index in [-0.39, 0.29) is 18.9 Å². The summed E-state index contributed by atoms with van der Waals surface area (Å²) in [5, 5.41) is 3.67. The van der Waals surface area contributed by atoms with E-state index in [4.69, 9.17) is 23.2 Å². The molecule has 0 bridgehead atoms. The molecule has 0 saturated carbocycles. The number of amides is 2. The van der Waals surface area contributed by atoms with Gasteiger partial charge in [0.05, 0.1) is 11.9 Å². The first kappa shape index (κ1) is 31.2. The highest BCUT2D eigenvalue weighted by molar-refractivity contribution is 14.1. The normalized spacial score (nSPS) is 12.0. The first-order chi connectivity index (χ1) is 18.5. The molecule has 0 radical (unpaired) electrons. The van der Waals surface area contributed by atoms with Gasteiger partial charge in [-0.15, -0.1) is 0 Å². The van der Waals surface area contributed by atoms with Crippen molar-refractivity contribution in [1.82, 2.24) is 10.2 Å². The molecule has 0 aliphatic heterocycles. The van der Waals surface area contributed by atoms with Gasteiger partial charge in [0, 0.05) is 33.1 Å². The van der Waals surface area contributed by atoms with Crippen LogP contribution in [0.5, 0.6) is 0 Å². The fourth-order valence-corrected chi connectivity index (χ4v) is 5.65. The van der Waals surface area contributed by atoms with E-state index in [0.717, 1.165) is 26.1 Å². The Hall–Kier alpha value is -2.34. The van der Waals surface area contributed by atoms with Crippen LogP contribution < -0.4 is 9.62 Å². The molecule has 0 heterocycles. The van der Waals surface area contributed by atoms with Gasteiger partial charge in [-0.2, -0.15) is 0 Å². The fraction of sp³-hybridized carbons (Fsp3) is 0.286. The van der Waals surface area contributed by atoms with Crippen LogP contribution in [0, 0.1) is 3.57 Å². The van der Waals surface area contributed by atoms with E-state index >= 15 is 0 Å². The van der Waals surface area contributed by atoms with Gasteiger partial charge in [0.2, 0.25) is 21.8 Å². The predicted octanol–water partition coefficient (Wildman–Crippen LogP) is 5.53. The third-order valence-corrected chi connectivity index (χ3v) is 8.42. The molecule has 39 heavy (non-hydrogen) atoms. The van der Waals surface area contributed by atoms with Crippen LogP contribution in [0.3, 0.4) is 0 Å². The van der Waals surface area contributed by atoms with Crippen molar-refractivity contribution >= 4 is 73.3 Å². The first-order valence-corrected chi connectivity index (χ1v) is 16.0. The Labute approximate surface area is 253 Å². The van der Waals surface area contributed by atoms with Gasteiger partial charge >= 0.3 is 0 Å². The Bertz CT molecular complexity index is 1390. The van der Waals surface area contributed by atoms with Crippen LogP contribution in [0.1, 0.15) is 24.5 Å². The van der Waals surface area contributed by atoms with Gasteiger partial charge in [0.15, 0.2) is 0 Å². The van der Waals surface area contributed by atoms with E-state index in [1.165, 1.54) is 4.90 Å². The molecule has 0 aromatic heterocycles. The van der Waals surface area contributed by atoms with Gasteiger partial charge in [0.25, 0.3) is 0 Å². The van der Waals surface area contributed by atoms with E-state index in [2.05, 4.69) is 27.9 Å². The monoisotopic (exact) mass is 701 g/mol. The molecule has 208 valence electrons. The summed E-state index contributed by atoms with van der Waals surface area (Å²) in [5.74, 6) is -0.878. The maximum atomic E-state index is 14.0. The second-order valence-corrected chi connectivity index (χ2v) is 13.0. The molecule has 3 rings (SSSR count). The lowest BCUT2D eigenvalue weighted by Crippen LogP contribution is -2.53. The van der Waals surface area contributed by atoms with Gasteiger partial charge in [-0.1, -0.05) is 66.5 Å². The summed E-state index contributed by atoms with van der Waals surface area (Å²) < 4.78 is 27.6. The van der Waals surface area contributed by atoms with Gasteiger partial charge in [-0.3, -0.25) is 13.9 Å². The average molecular weight is 702 g/mol. The molecule has 1 unspecified atom stereocenters. The van der Waals surface area contributed by atoms with E-state index < -0.39 is 28.5 Å². The molecule has 1 atom stereocenters. The summed E-state index contributed by atoms with van der Waals surface area (Å²) in [5.41, 5.74) is 1.79. The second kappa shape index (κ2) is 14.3. The highest BCUT2D eigenvalue weighted by Crippen LogP contribution is 2.25. The van der Waals surface area contributed by atoms with Crippen molar-refractivity contribution in [1.29, 1.82) is 0 Å². The Balaban J connectivity index is 2.06. The lowest BCUT2D eigenvalue weighted by atomic mass is 10.0. The fourth-order valence-electron chi connectivity index (χ4n) is 3.97. The third kappa shape index (κ3) is 9.09. The number of carbonyl (C=O) groups is 2. The van der Waals surface area contributed by atoms with Crippen LogP contribution >= 0.6 is 45.8 Å². The van der Waals surface area contributed by atoms with Crippen LogP contribution in [-0.4, -0.2) is 50.5 Å². The number of sulfonamides is 1. The lowest BCUT2D eigenvalue weighted by molar-refractivity contribution is -0.140. The molecule has 3 aromatic carbocycles. The summed E-state index contributed by atoms with van der Waals surface area (Å²) in [4.78, 5) is 28.9. The van der Waals surface area contributed by atoms with Crippen LogP contribution in [0.25, 0.3) is 0 Å². The zero-order chi connectivity index (χ0) is 28.6. The lowest BCUT2D eigenvalue weighted by Gasteiger charge is -2.33. The Kier molecular flexibility index (Phi) is 11.5. The van der Waals surface area contributed by atoms with E-state index in [1.54, 1.807) is 42.5 Å². The number of nitrogens with zero attached hydrogens (tertiary/aromatic N) is 2. The molecule has 0 aliphatic carbocycles. The molecule has 3 aromatic rings. The quantitative estimate of drug-likeness (QED) is 0.252. The highest BCUT2D eigenvalue weighted by Gasteiger charge is 2.33. The topological polar surface area (TPSA) is 86.8 Å². The number of benzene rings is 3. The van der Waals surface area contributed by atoms with Crippen molar-refractivity contribution in [3.8, 4) is 0 Å². The molecule has 11 heteroatoms. The minimum absolute atomic E-state index is 0.0177. The summed E-state index contributed by atoms with van der Waals surface area (Å²) in [6.45, 7) is 1.87. The van der Waals surface area contributed by atoms with E-state index in [1.807, 2.05) is 37.3 Å². The average Bonchev–Trinajstić information content (AvgIpc) is 2.89. The van der Waals surface area contributed by atoms with Crippen LogP contribution in [0.15, 0.2) is 72.8 Å². The SMILES string of the molecule is CCCNC(=O)C(Cc1ccccc1)N(Cc1ccc(Cl)cc1Cl)C(=O)CN(c1ccc(I)cc1)S(C)(=O)=O. The number of hydrogen-bond donors (Lipinski definition) is 1. The summed E-state index contributed by atoms with van der Waals surface area (Å²) >= 11 is 14.7.